The fourth-order valence-electron chi connectivity index (χ4n) is 2.14. The van der Waals surface area contributed by atoms with Gasteiger partial charge >= 0.3 is 6.09 Å². The second-order valence-electron chi connectivity index (χ2n) is 4.68. The van der Waals surface area contributed by atoms with E-state index in [1.165, 1.54) is 29.9 Å². The number of amides is 1. The molecule has 1 N–H and O–H groups in total. The first-order valence-corrected chi connectivity index (χ1v) is 7.12. The standard InChI is InChI=1S/C14H14N2O2S/c17-14(18)15-13-16(8-10-4-2-1-3-5-10)12(9-19-13)11-6-7-11/h1-5,9,11H,6-8H2,(H,17,18). The van der Waals surface area contributed by atoms with Crippen molar-refractivity contribution in [2.75, 3.05) is 0 Å². The molecule has 98 valence electrons. The Kier molecular flexibility index (Phi) is 3.21. The molecule has 0 radical (unpaired) electrons. The second kappa shape index (κ2) is 5.01. The van der Waals surface area contributed by atoms with E-state index < -0.39 is 6.09 Å². The van der Waals surface area contributed by atoms with E-state index in [0.717, 1.165) is 5.56 Å². The van der Waals surface area contributed by atoms with Crippen LogP contribution in [-0.2, 0) is 6.54 Å². The van der Waals surface area contributed by atoms with Gasteiger partial charge in [-0.15, -0.1) is 16.3 Å². The van der Waals surface area contributed by atoms with Crippen LogP contribution in [0.25, 0.3) is 0 Å². The summed E-state index contributed by atoms with van der Waals surface area (Å²) >= 11 is 1.41. The lowest BCUT2D eigenvalue weighted by atomic mass is 10.2. The zero-order valence-electron chi connectivity index (χ0n) is 10.3. The van der Waals surface area contributed by atoms with Crippen LogP contribution in [0.2, 0.25) is 0 Å². The van der Waals surface area contributed by atoms with Crippen molar-refractivity contribution in [2.24, 2.45) is 4.99 Å². The van der Waals surface area contributed by atoms with Gasteiger partial charge in [-0.05, 0) is 18.4 Å². The number of benzene rings is 1. The van der Waals surface area contributed by atoms with Gasteiger partial charge in [0.2, 0.25) is 0 Å². The van der Waals surface area contributed by atoms with Crippen molar-refractivity contribution in [3.8, 4) is 0 Å². The predicted molar refractivity (Wildman–Crippen MR) is 73.4 cm³/mol. The molecule has 0 aliphatic heterocycles. The summed E-state index contributed by atoms with van der Waals surface area (Å²) in [6, 6.07) is 10.1. The average molecular weight is 274 g/mol. The highest BCUT2D eigenvalue weighted by molar-refractivity contribution is 7.07. The summed E-state index contributed by atoms with van der Waals surface area (Å²) < 4.78 is 2.03. The SMILES string of the molecule is O=C(O)N=c1scc(C2CC2)n1Cc1ccccc1. The summed E-state index contributed by atoms with van der Waals surface area (Å²) in [5.74, 6) is 0.581. The molecule has 1 aromatic heterocycles. The van der Waals surface area contributed by atoms with Gasteiger partial charge in [-0.25, -0.2) is 4.79 Å². The van der Waals surface area contributed by atoms with Crippen molar-refractivity contribution >= 4 is 17.4 Å². The summed E-state index contributed by atoms with van der Waals surface area (Å²) in [4.78, 5) is 15.0. The summed E-state index contributed by atoms with van der Waals surface area (Å²) in [5, 5.41) is 10.9. The highest BCUT2D eigenvalue weighted by Gasteiger charge is 2.27. The minimum Gasteiger partial charge on any atom is -0.463 e. The normalized spacial score (nSPS) is 15.7. The Labute approximate surface area is 114 Å². The van der Waals surface area contributed by atoms with Crippen molar-refractivity contribution in [3.05, 3.63) is 51.8 Å². The Balaban J connectivity index is 2.02. The minimum absolute atomic E-state index is 0.568. The van der Waals surface area contributed by atoms with Gasteiger partial charge in [0.15, 0.2) is 4.80 Å². The maximum absolute atomic E-state index is 10.8. The lowest BCUT2D eigenvalue weighted by molar-refractivity contribution is 0.204. The van der Waals surface area contributed by atoms with Crippen LogP contribution in [0.5, 0.6) is 0 Å². The quantitative estimate of drug-likeness (QED) is 0.935. The number of hydrogen-bond donors (Lipinski definition) is 1. The smallest absolute Gasteiger partial charge is 0.433 e. The van der Waals surface area contributed by atoms with Gasteiger partial charge in [0.05, 0.1) is 6.54 Å². The Morgan fingerprint density at radius 3 is 2.74 bits per heavy atom. The summed E-state index contributed by atoms with van der Waals surface area (Å²) in [7, 11) is 0. The third kappa shape index (κ3) is 2.76. The molecule has 0 bridgehead atoms. The van der Waals surface area contributed by atoms with Crippen molar-refractivity contribution in [1.29, 1.82) is 0 Å². The van der Waals surface area contributed by atoms with E-state index in [9.17, 15) is 4.79 Å². The number of thiazole rings is 1. The molecular formula is C14H14N2O2S. The van der Waals surface area contributed by atoms with E-state index in [4.69, 9.17) is 5.11 Å². The minimum atomic E-state index is -1.13. The first kappa shape index (κ1) is 12.2. The van der Waals surface area contributed by atoms with Gasteiger partial charge in [-0.3, -0.25) is 0 Å². The Morgan fingerprint density at radius 1 is 1.37 bits per heavy atom. The van der Waals surface area contributed by atoms with Gasteiger partial charge in [-0.2, -0.15) is 0 Å². The summed E-state index contributed by atoms with van der Waals surface area (Å²) in [6.45, 7) is 0.683. The topological polar surface area (TPSA) is 54.6 Å². The Bertz CT molecular complexity index is 654. The molecule has 4 nitrogen and oxygen atoms in total. The summed E-state index contributed by atoms with van der Waals surface area (Å²) in [6.07, 6.45) is 1.25. The van der Waals surface area contributed by atoms with Crippen LogP contribution in [0.1, 0.15) is 30.0 Å². The highest BCUT2D eigenvalue weighted by atomic mass is 32.1. The van der Waals surface area contributed by atoms with Gasteiger partial charge in [0, 0.05) is 17.0 Å². The molecule has 0 unspecified atom stereocenters. The van der Waals surface area contributed by atoms with Gasteiger partial charge in [0.25, 0.3) is 0 Å². The lowest BCUT2D eigenvalue weighted by Crippen LogP contribution is -2.19. The molecule has 1 amide bonds. The molecule has 0 atom stereocenters. The molecule has 1 saturated carbocycles. The van der Waals surface area contributed by atoms with E-state index in [-0.39, 0.29) is 0 Å². The Hall–Kier alpha value is -1.88. The number of carboxylic acid groups (broad SMARTS) is 1. The van der Waals surface area contributed by atoms with Crippen LogP contribution in [0, 0.1) is 0 Å². The predicted octanol–water partition coefficient (Wildman–Crippen LogP) is 3.05. The van der Waals surface area contributed by atoms with E-state index in [1.54, 1.807) is 0 Å². The fraction of sp³-hybridized carbons (Fsp3) is 0.286. The summed E-state index contributed by atoms with van der Waals surface area (Å²) in [5.41, 5.74) is 2.38. The molecule has 1 heterocycles. The first-order chi connectivity index (χ1) is 9.24. The van der Waals surface area contributed by atoms with Crippen molar-refractivity contribution in [3.63, 3.8) is 0 Å². The third-order valence-corrected chi connectivity index (χ3v) is 4.08. The van der Waals surface area contributed by atoms with Crippen LogP contribution in [0.3, 0.4) is 0 Å². The van der Waals surface area contributed by atoms with Crippen LogP contribution in [-0.4, -0.2) is 15.8 Å². The van der Waals surface area contributed by atoms with Gasteiger partial charge in [-0.1, -0.05) is 30.3 Å². The number of hydrogen-bond acceptors (Lipinski definition) is 2. The second-order valence-corrected chi connectivity index (χ2v) is 5.52. The fourth-order valence-corrected chi connectivity index (χ4v) is 3.11. The van der Waals surface area contributed by atoms with Crippen LogP contribution in [0.4, 0.5) is 4.79 Å². The van der Waals surface area contributed by atoms with Gasteiger partial charge < -0.3 is 9.67 Å². The van der Waals surface area contributed by atoms with Crippen molar-refractivity contribution < 1.29 is 9.90 Å². The van der Waals surface area contributed by atoms with E-state index in [1.807, 2.05) is 40.3 Å². The number of carbonyl (C=O) groups is 1. The van der Waals surface area contributed by atoms with E-state index in [0.29, 0.717) is 17.3 Å². The van der Waals surface area contributed by atoms with E-state index in [2.05, 4.69) is 4.99 Å². The molecule has 1 aromatic carbocycles. The van der Waals surface area contributed by atoms with Crippen LogP contribution in [0.15, 0.2) is 40.7 Å². The molecule has 19 heavy (non-hydrogen) atoms. The van der Waals surface area contributed by atoms with Crippen LogP contribution < -0.4 is 4.80 Å². The molecule has 1 fully saturated rings. The van der Waals surface area contributed by atoms with E-state index >= 15 is 0 Å². The molecule has 0 spiro atoms. The number of rotatable bonds is 3. The van der Waals surface area contributed by atoms with Crippen molar-refractivity contribution in [2.45, 2.75) is 25.3 Å². The zero-order valence-corrected chi connectivity index (χ0v) is 11.1. The lowest BCUT2D eigenvalue weighted by Gasteiger charge is -2.08. The monoisotopic (exact) mass is 274 g/mol. The first-order valence-electron chi connectivity index (χ1n) is 6.24. The maximum atomic E-state index is 10.8. The zero-order chi connectivity index (χ0) is 13.2. The van der Waals surface area contributed by atoms with Crippen LogP contribution >= 0.6 is 11.3 Å². The average Bonchev–Trinajstić information content (AvgIpc) is 3.16. The molecular weight excluding hydrogens is 260 g/mol. The van der Waals surface area contributed by atoms with Crippen molar-refractivity contribution in [1.82, 2.24) is 4.57 Å². The molecule has 1 aliphatic carbocycles. The number of aromatic nitrogens is 1. The largest absolute Gasteiger partial charge is 0.463 e. The Morgan fingerprint density at radius 2 is 2.11 bits per heavy atom. The third-order valence-electron chi connectivity index (χ3n) is 3.20. The molecule has 2 aromatic rings. The molecule has 0 saturated heterocycles. The maximum Gasteiger partial charge on any atom is 0.433 e. The molecule has 5 heteroatoms. The molecule has 3 rings (SSSR count). The molecule has 1 aliphatic rings. The van der Waals surface area contributed by atoms with Gasteiger partial charge in [0.1, 0.15) is 0 Å². The highest BCUT2D eigenvalue weighted by Crippen LogP contribution is 2.40. The number of nitrogens with zero attached hydrogens (tertiary/aromatic N) is 2.